The average molecular weight is 250 g/mol. The first-order valence-corrected chi connectivity index (χ1v) is 6.16. The van der Waals surface area contributed by atoms with Crippen LogP contribution in [0.4, 0.5) is 0 Å². The first-order valence-electron chi connectivity index (χ1n) is 6.16. The van der Waals surface area contributed by atoms with Crippen molar-refractivity contribution >= 4 is 10.9 Å². The summed E-state index contributed by atoms with van der Waals surface area (Å²) in [5, 5.41) is 14.4. The van der Waals surface area contributed by atoms with E-state index in [4.69, 9.17) is 5.26 Å². The number of rotatable bonds is 2. The summed E-state index contributed by atoms with van der Waals surface area (Å²) in [4.78, 5) is 0. The zero-order chi connectivity index (χ0) is 13.4. The third-order valence-corrected chi connectivity index (χ3v) is 3.33. The highest BCUT2D eigenvalue weighted by atomic mass is 15.3. The molecule has 94 valence electrons. The summed E-state index contributed by atoms with van der Waals surface area (Å²) in [5.74, 6) is 0. The van der Waals surface area contributed by atoms with E-state index >= 15 is 0 Å². The Morgan fingerprint density at radius 3 is 2.79 bits per heavy atom. The maximum absolute atomic E-state index is 8.91. The lowest BCUT2D eigenvalue weighted by molar-refractivity contribution is 0.673. The largest absolute Gasteiger partial charge is 0.341 e. The average Bonchev–Trinajstić information content (AvgIpc) is 2.93. The molecule has 0 amide bonds. The van der Waals surface area contributed by atoms with Gasteiger partial charge < -0.3 is 4.57 Å². The van der Waals surface area contributed by atoms with Crippen LogP contribution in [0.15, 0.2) is 36.5 Å². The Bertz CT molecular complexity index is 786. The lowest BCUT2D eigenvalue weighted by Crippen LogP contribution is -2.04. The second kappa shape index (κ2) is 4.29. The number of hydrogen-bond donors (Lipinski definition) is 0. The Labute approximate surface area is 111 Å². The molecular weight excluding hydrogens is 236 g/mol. The van der Waals surface area contributed by atoms with E-state index in [1.165, 1.54) is 5.69 Å². The minimum Gasteiger partial charge on any atom is -0.341 e. The summed E-state index contributed by atoms with van der Waals surface area (Å²) in [6.45, 7) is 2.78. The number of benzene rings is 1. The molecule has 0 aliphatic heterocycles. The number of hydrogen-bond acceptors (Lipinski definition) is 2. The Balaban J connectivity index is 2.02. The van der Waals surface area contributed by atoms with Crippen molar-refractivity contribution in [3.8, 4) is 6.07 Å². The van der Waals surface area contributed by atoms with Gasteiger partial charge in [-0.3, -0.25) is 4.68 Å². The molecule has 0 saturated carbocycles. The molecule has 0 N–H and O–H groups in total. The standard InChI is InChI=1S/C15H14N4/c1-11-7-14(18(2)17-11)10-19-6-5-13-8-12(9-16)3-4-15(13)19/h3-8H,10H2,1-2H3. The molecule has 0 aliphatic rings. The lowest BCUT2D eigenvalue weighted by atomic mass is 10.2. The van der Waals surface area contributed by atoms with E-state index in [1.807, 2.05) is 49.1 Å². The number of aryl methyl sites for hydroxylation is 2. The predicted molar refractivity (Wildman–Crippen MR) is 73.7 cm³/mol. The van der Waals surface area contributed by atoms with E-state index in [0.717, 1.165) is 23.1 Å². The van der Waals surface area contributed by atoms with Gasteiger partial charge in [-0.25, -0.2) is 0 Å². The van der Waals surface area contributed by atoms with Crippen LogP contribution in [-0.2, 0) is 13.6 Å². The molecule has 0 saturated heterocycles. The Morgan fingerprint density at radius 2 is 2.11 bits per heavy atom. The van der Waals surface area contributed by atoms with E-state index in [1.54, 1.807) is 0 Å². The second-order valence-electron chi connectivity index (χ2n) is 4.73. The van der Waals surface area contributed by atoms with Crippen molar-refractivity contribution in [2.24, 2.45) is 7.05 Å². The third-order valence-electron chi connectivity index (χ3n) is 3.33. The van der Waals surface area contributed by atoms with Crippen LogP contribution in [0.1, 0.15) is 17.0 Å². The molecule has 4 nitrogen and oxygen atoms in total. The van der Waals surface area contributed by atoms with Gasteiger partial charge in [0.25, 0.3) is 0 Å². The fourth-order valence-electron chi connectivity index (χ4n) is 2.39. The van der Waals surface area contributed by atoms with Crippen LogP contribution in [0.25, 0.3) is 10.9 Å². The molecule has 2 aromatic heterocycles. The summed E-state index contributed by atoms with van der Waals surface area (Å²) < 4.78 is 4.08. The van der Waals surface area contributed by atoms with Crippen LogP contribution in [0, 0.1) is 18.3 Å². The molecule has 0 bridgehead atoms. The topological polar surface area (TPSA) is 46.5 Å². The van der Waals surface area contributed by atoms with E-state index in [0.29, 0.717) is 5.56 Å². The predicted octanol–water partition coefficient (Wildman–Crippen LogP) is 2.60. The zero-order valence-corrected chi connectivity index (χ0v) is 11.0. The third kappa shape index (κ3) is 2.00. The molecule has 0 atom stereocenters. The molecule has 1 aromatic carbocycles. The fraction of sp³-hybridized carbons (Fsp3) is 0.200. The highest BCUT2D eigenvalue weighted by molar-refractivity contribution is 5.81. The smallest absolute Gasteiger partial charge is 0.0991 e. The summed E-state index contributed by atoms with van der Waals surface area (Å²) in [6, 6.07) is 12.1. The van der Waals surface area contributed by atoms with Crippen LogP contribution in [0.2, 0.25) is 0 Å². The molecule has 0 unspecified atom stereocenters. The van der Waals surface area contributed by atoms with Gasteiger partial charge in [0.2, 0.25) is 0 Å². The minimum atomic E-state index is 0.696. The quantitative estimate of drug-likeness (QED) is 0.701. The fourth-order valence-corrected chi connectivity index (χ4v) is 2.39. The normalized spacial score (nSPS) is 10.8. The summed E-state index contributed by atoms with van der Waals surface area (Å²) >= 11 is 0. The summed E-state index contributed by atoms with van der Waals surface area (Å²) in [6.07, 6.45) is 2.05. The van der Waals surface area contributed by atoms with Crippen LogP contribution < -0.4 is 0 Å². The molecular formula is C15H14N4. The van der Waals surface area contributed by atoms with Crippen molar-refractivity contribution in [1.82, 2.24) is 14.3 Å². The van der Waals surface area contributed by atoms with Gasteiger partial charge in [-0.15, -0.1) is 0 Å². The monoisotopic (exact) mass is 250 g/mol. The lowest BCUT2D eigenvalue weighted by Gasteiger charge is -2.05. The van der Waals surface area contributed by atoms with Crippen molar-refractivity contribution in [3.63, 3.8) is 0 Å². The molecule has 2 heterocycles. The van der Waals surface area contributed by atoms with Crippen LogP contribution in [0.5, 0.6) is 0 Å². The minimum absolute atomic E-state index is 0.696. The molecule has 0 aliphatic carbocycles. The van der Waals surface area contributed by atoms with Gasteiger partial charge in [0.05, 0.1) is 29.6 Å². The van der Waals surface area contributed by atoms with Gasteiger partial charge in [0.1, 0.15) is 0 Å². The maximum Gasteiger partial charge on any atom is 0.0991 e. The molecule has 3 rings (SSSR count). The maximum atomic E-state index is 8.91. The Kier molecular flexibility index (Phi) is 2.60. The van der Waals surface area contributed by atoms with Crippen molar-refractivity contribution in [3.05, 3.63) is 53.5 Å². The van der Waals surface area contributed by atoms with Crippen molar-refractivity contribution < 1.29 is 0 Å². The number of nitriles is 1. The first kappa shape index (κ1) is 11.5. The van der Waals surface area contributed by atoms with E-state index in [2.05, 4.69) is 21.8 Å². The van der Waals surface area contributed by atoms with Gasteiger partial charge in [-0.2, -0.15) is 10.4 Å². The molecule has 0 radical (unpaired) electrons. The molecule has 0 spiro atoms. The van der Waals surface area contributed by atoms with Crippen LogP contribution in [0.3, 0.4) is 0 Å². The number of fused-ring (bicyclic) bond motifs is 1. The first-order chi connectivity index (χ1) is 9.17. The van der Waals surface area contributed by atoms with Gasteiger partial charge in [0, 0.05) is 24.1 Å². The van der Waals surface area contributed by atoms with E-state index in [-0.39, 0.29) is 0 Å². The van der Waals surface area contributed by atoms with Crippen molar-refractivity contribution in [2.75, 3.05) is 0 Å². The summed E-state index contributed by atoms with van der Waals surface area (Å²) in [5.41, 5.74) is 4.03. The number of aromatic nitrogens is 3. The molecule has 3 aromatic rings. The van der Waals surface area contributed by atoms with Crippen LogP contribution in [-0.4, -0.2) is 14.3 Å². The van der Waals surface area contributed by atoms with Gasteiger partial charge in [-0.1, -0.05) is 0 Å². The number of nitrogens with zero attached hydrogens (tertiary/aromatic N) is 4. The van der Waals surface area contributed by atoms with Gasteiger partial charge in [0.15, 0.2) is 0 Å². The molecule has 4 heteroatoms. The highest BCUT2D eigenvalue weighted by Crippen LogP contribution is 2.18. The Morgan fingerprint density at radius 1 is 1.26 bits per heavy atom. The second-order valence-corrected chi connectivity index (χ2v) is 4.73. The van der Waals surface area contributed by atoms with E-state index < -0.39 is 0 Å². The molecule has 19 heavy (non-hydrogen) atoms. The Hall–Kier alpha value is -2.54. The zero-order valence-electron chi connectivity index (χ0n) is 11.0. The van der Waals surface area contributed by atoms with Crippen molar-refractivity contribution in [2.45, 2.75) is 13.5 Å². The van der Waals surface area contributed by atoms with Crippen LogP contribution >= 0.6 is 0 Å². The van der Waals surface area contributed by atoms with Gasteiger partial charge in [-0.05, 0) is 37.3 Å². The molecule has 0 fully saturated rings. The highest BCUT2D eigenvalue weighted by Gasteiger charge is 2.06. The van der Waals surface area contributed by atoms with E-state index in [9.17, 15) is 0 Å². The van der Waals surface area contributed by atoms with Gasteiger partial charge >= 0.3 is 0 Å². The SMILES string of the molecule is Cc1cc(Cn2ccc3cc(C#N)ccc32)n(C)n1. The van der Waals surface area contributed by atoms with Crippen molar-refractivity contribution in [1.29, 1.82) is 5.26 Å². The summed E-state index contributed by atoms with van der Waals surface area (Å²) in [7, 11) is 1.96.